The fourth-order valence-electron chi connectivity index (χ4n) is 4.46. The summed E-state index contributed by atoms with van der Waals surface area (Å²) in [5.74, 6) is 0.0363. The van der Waals surface area contributed by atoms with Gasteiger partial charge in [0, 0.05) is 48.0 Å². The summed E-state index contributed by atoms with van der Waals surface area (Å²) >= 11 is 13.4. The van der Waals surface area contributed by atoms with Crippen molar-refractivity contribution in [2.75, 3.05) is 5.32 Å². The van der Waals surface area contributed by atoms with E-state index in [9.17, 15) is 9.90 Å². The maximum absolute atomic E-state index is 13.4. The minimum atomic E-state index is -0.241. The molecule has 0 aliphatic rings. The molecule has 0 saturated carbocycles. The summed E-state index contributed by atoms with van der Waals surface area (Å²) < 4.78 is 0. The summed E-state index contributed by atoms with van der Waals surface area (Å²) in [6, 6.07) is 25.7. The molecule has 0 aliphatic heterocycles. The molecule has 164 valence electrons. The number of aromatic hydroxyl groups is 1. The van der Waals surface area contributed by atoms with Gasteiger partial charge >= 0.3 is 0 Å². The van der Waals surface area contributed by atoms with Gasteiger partial charge in [0.25, 0.3) is 0 Å². The van der Waals surface area contributed by atoms with Gasteiger partial charge in [-0.15, -0.1) is 0 Å². The van der Waals surface area contributed by atoms with Gasteiger partial charge in [0.2, 0.25) is 5.43 Å². The number of hydrogen-bond donors (Lipinski definition) is 2. The first-order chi connectivity index (χ1) is 16.5. The molecule has 6 aromatic rings. The Hall–Kier alpha value is -3.86. The fourth-order valence-corrected chi connectivity index (χ4v) is 4.98. The van der Waals surface area contributed by atoms with Crippen LogP contribution in [0.5, 0.6) is 5.75 Å². The third kappa shape index (κ3) is 3.23. The molecule has 0 atom stereocenters. The van der Waals surface area contributed by atoms with Crippen molar-refractivity contribution in [2.45, 2.75) is 0 Å². The smallest absolute Gasteiger partial charge is 0.212 e. The summed E-state index contributed by atoms with van der Waals surface area (Å²) in [6.07, 6.45) is 0. The normalized spacial score (nSPS) is 12.2. The number of phenols is 1. The van der Waals surface area contributed by atoms with Crippen LogP contribution < -0.4 is 16.1 Å². The van der Waals surface area contributed by atoms with E-state index in [0.29, 0.717) is 53.7 Å². The second-order valence-electron chi connectivity index (χ2n) is 8.09. The zero-order valence-corrected chi connectivity index (χ0v) is 19.2. The van der Waals surface area contributed by atoms with Gasteiger partial charge in [0.05, 0.1) is 11.4 Å². The van der Waals surface area contributed by atoms with E-state index in [1.165, 1.54) is 0 Å². The molecular formula is C28H16Cl2N2O2. The zero-order valence-electron chi connectivity index (χ0n) is 17.6. The number of para-hydroxylation sites is 2. The highest BCUT2D eigenvalue weighted by Crippen LogP contribution is 2.46. The maximum Gasteiger partial charge on any atom is 0.212 e. The molecule has 0 radical (unpaired) electrons. The van der Waals surface area contributed by atoms with Gasteiger partial charge < -0.3 is 10.4 Å². The van der Waals surface area contributed by atoms with Crippen LogP contribution in [-0.4, -0.2) is 5.11 Å². The largest absolute Gasteiger partial charge is 0.505 e. The average Bonchev–Trinajstić information content (AvgIpc) is 2.85. The van der Waals surface area contributed by atoms with E-state index in [-0.39, 0.29) is 16.5 Å². The predicted octanol–water partition coefficient (Wildman–Crippen LogP) is 7.37. The van der Waals surface area contributed by atoms with E-state index in [1.54, 1.807) is 24.3 Å². The molecule has 0 fully saturated rings. The van der Waals surface area contributed by atoms with Crippen molar-refractivity contribution in [1.29, 1.82) is 0 Å². The van der Waals surface area contributed by atoms with Gasteiger partial charge in [0.1, 0.15) is 11.1 Å². The summed E-state index contributed by atoms with van der Waals surface area (Å²) in [5, 5.41) is 19.2. The van der Waals surface area contributed by atoms with Gasteiger partial charge in [-0.05, 0) is 48.5 Å². The Bertz CT molecular complexity index is 1820. The van der Waals surface area contributed by atoms with E-state index >= 15 is 0 Å². The van der Waals surface area contributed by atoms with Crippen molar-refractivity contribution in [2.24, 2.45) is 4.99 Å². The van der Waals surface area contributed by atoms with Crippen LogP contribution in [0.4, 0.5) is 17.1 Å². The monoisotopic (exact) mass is 482 g/mol. The van der Waals surface area contributed by atoms with Crippen LogP contribution in [0.15, 0.2) is 94.7 Å². The second kappa shape index (κ2) is 7.87. The van der Waals surface area contributed by atoms with Gasteiger partial charge in [-0.25, -0.2) is 4.99 Å². The van der Waals surface area contributed by atoms with E-state index < -0.39 is 0 Å². The number of phenolic OH excluding ortho intramolecular Hbond substituents is 1. The first-order valence-electron chi connectivity index (χ1n) is 10.6. The Kier molecular flexibility index (Phi) is 4.80. The van der Waals surface area contributed by atoms with Crippen LogP contribution in [0.25, 0.3) is 32.3 Å². The third-order valence-corrected chi connectivity index (χ3v) is 6.63. The van der Waals surface area contributed by atoms with Gasteiger partial charge in [0.15, 0.2) is 0 Å². The second-order valence-corrected chi connectivity index (χ2v) is 8.91. The standard InChI is InChI=1S/C28H16Cl2N2O2/c29-21-12-20-26-18(14-24(28(20)34)32-16-9-5-2-6-10-16)22(30)11-19-25(26)17(21)13-23(27(19)33)31-15-7-3-1-4-8-15/h1-14,31,33H. The predicted molar refractivity (Wildman–Crippen MR) is 141 cm³/mol. The average molecular weight is 483 g/mol. The number of halogens is 2. The van der Waals surface area contributed by atoms with Crippen LogP contribution in [-0.2, 0) is 0 Å². The first kappa shape index (κ1) is 20.7. The highest BCUT2D eigenvalue weighted by molar-refractivity contribution is 6.44. The highest BCUT2D eigenvalue weighted by atomic mass is 35.5. The Balaban J connectivity index is 1.70. The topological polar surface area (TPSA) is 61.7 Å². The lowest BCUT2D eigenvalue weighted by atomic mass is 9.92. The molecular weight excluding hydrogens is 467 g/mol. The van der Waals surface area contributed by atoms with Gasteiger partial charge in [-0.3, -0.25) is 4.79 Å². The van der Waals surface area contributed by atoms with Gasteiger partial charge in [-0.2, -0.15) is 0 Å². The lowest BCUT2D eigenvalue weighted by molar-refractivity contribution is 0.484. The lowest BCUT2D eigenvalue weighted by Crippen LogP contribution is -2.24. The Morgan fingerprint density at radius 1 is 0.706 bits per heavy atom. The number of hydrogen-bond acceptors (Lipinski definition) is 4. The molecule has 0 unspecified atom stereocenters. The summed E-state index contributed by atoms with van der Waals surface area (Å²) in [4.78, 5) is 18.0. The number of anilines is 2. The fraction of sp³-hybridized carbons (Fsp3) is 0. The van der Waals surface area contributed by atoms with E-state index in [2.05, 4.69) is 10.3 Å². The summed E-state index contributed by atoms with van der Waals surface area (Å²) in [5.41, 5.74) is 1.75. The number of nitrogens with one attached hydrogen (secondary N) is 1. The summed E-state index contributed by atoms with van der Waals surface area (Å²) in [7, 11) is 0. The van der Waals surface area contributed by atoms with E-state index in [1.807, 2.05) is 60.7 Å². The first-order valence-corrected chi connectivity index (χ1v) is 11.4. The van der Waals surface area contributed by atoms with E-state index in [4.69, 9.17) is 23.2 Å². The van der Waals surface area contributed by atoms with Gasteiger partial charge in [-0.1, -0.05) is 59.6 Å². The van der Waals surface area contributed by atoms with E-state index in [0.717, 1.165) is 5.69 Å². The van der Waals surface area contributed by atoms with Crippen LogP contribution in [0.2, 0.25) is 10.0 Å². The molecule has 0 saturated heterocycles. The molecule has 6 heteroatoms. The summed E-state index contributed by atoms with van der Waals surface area (Å²) in [6.45, 7) is 0. The molecule has 0 aromatic heterocycles. The van der Waals surface area contributed by atoms with Crippen LogP contribution in [0.3, 0.4) is 0 Å². The number of rotatable bonds is 3. The minimum Gasteiger partial charge on any atom is -0.505 e. The molecule has 34 heavy (non-hydrogen) atoms. The Labute approximate surface area is 204 Å². The van der Waals surface area contributed by atoms with Crippen molar-refractivity contribution < 1.29 is 5.11 Å². The van der Waals surface area contributed by atoms with Crippen molar-refractivity contribution in [3.05, 3.63) is 111 Å². The van der Waals surface area contributed by atoms with Crippen molar-refractivity contribution in [3.8, 4) is 5.75 Å². The molecule has 0 spiro atoms. The lowest BCUT2D eigenvalue weighted by Gasteiger charge is -2.17. The number of benzene rings is 6. The zero-order chi connectivity index (χ0) is 23.4. The van der Waals surface area contributed by atoms with Crippen LogP contribution in [0, 0.1) is 0 Å². The third-order valence-electron chi connectivity index (χ3n) is 6.00. The SMILES string of the molecule is O=c1c(=Nc2ccccc2)cc2c(Cl)cc3c(O)c(Nc4ccccc4)cc4c(Cl)cc1c2c43. The Morgan fingerprint density at radius 3 is 2.00 bits per heavy atom. The molecule has 0 bridgehead atoms. The molecule has 0 heterocycles. The van der Waals surface area contributed by atoms with Crippen molar-refractivity contribution >= 4 is 72.6 Å². The Morgan fingerprint density at radius 2 is 1.29 bits per heavy atom. The van der Waals surface area contributed by atoms with Crippen LogP contribution >= 0.6 is 23.2 Å². The molecule has 4 nitrogen and oxygen atoms in total. The van der Waals surface area contributed by atoms with Crippen molar-refractivity contribution in [1.82, 2.24) is 0 Å². The highest BCUT2D eigenvalue weighted by Gasteiger charge is 2.20. The minimum absolute atomic E-state index is 0.0363. The molecule has 6 aromatic carbocycles. The number of nitrogens with zero attached hydrogens (tertiary/aromatic N) is 1. The molecule has 0 aliphatic carbocycles. The van der Waals surface area contributed by atoms with Crippen molar-refractivity contribution in [3.63, 3.8) is 0 Å². The molecule has 0 amide bonds. The molecule has 6 rings (SSSR count). The quantitative estimate of drug-likeness (QED) is 0.204. The maximum atomic E-state index is 13.4. The van der Waals surface area contributed by atoms with Crippen LogP contribution in [0.1, 0.15) is 0 Å². The molecule has 2 N–H and O–H groups in total.